The molecule has 0 radical (unpaired) electrons. The third-order valence-corrected chi connectivity index (χ3v) is 3.60. The van der Waals surface area contributed by atoms with Crippen LogP contribution in [0.25, 0.3) is 0 Å². The second-order valence-corrected chi connectivity index (χ2v) is 5.35. The van der Waals surface area contributed by atoms with E-state index in [1.54, 1.807) is 24.3 Å². The standard InChI is InChI=1S/C18H16F3NO4/c1-25-12-5-3-4-10(6-12)7-15(18(24)26-2)22-17(23)16-13(20)8-11(19)9-14(16)21/h3-6,8-9,15H,7H2,1-2H3,(H,22,23)/t15-/m0/s1. The zero-order valence-corrected chi connectivity index (χ0v) is 14.0. The van der Waals surface area contributed by atoms with Crippen LogP contribution in [0.4, 0.5) is 13.2 Å². The Morgan fingerprint density at radius 1 is 1.08 bits per heavy atom. The highest BCUT2D eigenvalue weighted by Gasteiger charge is 2.26. The summed E-state index contributed by atoms with van der Waals surface area (Å²) in [5, 5.41) is 2.21. The van der Waals surface area contributed by atoms with E-state index in [2.05, 4.69) is 10.1 Å². The van der Waals surface area contributed by atoms with Crippen LogP contribution in [0, 0.1) is 17.5 Å². The maximum absolute atomic E-state index is 13.7. The molecule has 0 aliphatic heterocycles. The number of carbonyl (C=O) groups excluding carboxylic acids is 2. The number of carbonyl (C=O) groups is 2. The normalized spacial score (nSPS) is 11.6. The third-order valence-electron chi connectivity index (χ3n) is 3.60. The Morgan fingerprint density at radius 2 is 1.73 bits per heavy atom. The second-order valence-electron chi connectivity index (χ2n) is 5.35. The Labute approximate surface area is 147 Å². The molecule has 0 saturated heterocycles. The highest BCUT2D eigenvalue weighted by molar-refractivity contribution is 5.97. The molecule has 0 unspecified atom stereocenters. The van der Waals surface area contributed by atoms with Crippen LogP contribution in [-0.4, -0.2) is 32.1 Å². The lowest BCUT2D eigenvalue weighted by Crippen LogP contribution is -2.43. The van der Waals surface area contributed by atoms with E-state index in [0.717, 1.165) is 7.11 Å². The minimum absolute atomic E-state index is 0.0000457. The SMILES string of the molecule is COC(=O)[C@H](Cc1cccc(OC)c1)NC(=O)c1c(F)cc(F)cc1F. The van der Waals surface area contributed by atoms with E-state index in [4.69, 9.17) is 4.74 Å². The monoisotopic (exact) mass is 367 g/mol. The van der Waals surface area contributed by atoms with E-state index in [1.807, 2.05) is 0 Å². The number of benzene rings is 2. The van der Waals surface area contributed by atoms with Gasteiger partial charge in [-0.15, -0.1) is 0 Å². The number of ether oxygens (including phenoxy) is 2. The highest BCUT2D eigenvalue weighted by atomic mass is 19.1. The van der Waals surface area contributed by atoms with Crippen LogP contribution in [0.15, 0.2) is 36.4 Å². The fourth-order valence-electron chi connectivity index (χ4n) is 2.36. The van der Waals surface area contributed by atoms with Crippen molar-refractivity contribution in [3.8, 4) is 5.75 Å². The van der Waals surface area contributed by atoms with Crippen LogP contribution < -0.4 is 10.1 Å². The molecule has 1 N–H and O–H groups in total. The molecule has 26 heavy (non-hydrogen) atoms. The van der Waals surface area contributed by atoms with Crippen LogP contribution >= 0.6 is 0 Å². The Morgan fingerprint density at radius 3 is 2.31 bits per heavy atom. The van der Waals surface area contributed by atoms with Crippen molar-refractivity contribution in [2.75, 3.05) is 14.2 Å². The molecule has 0 aliphatic rings. The van der Waals surface area contributed by atoms with Crippen LogP contribution in [0.1, 0.15) is 15.9 Å². The molecule has 1 amide bonds. The van der Waals surface area contributed by atoms with Gasteiger partial charge in [0, 0.05) is 18.6 Å². The lowest BCUT2D eigenvalue weighted by Gasteiger charge is -2.17. The summed E-state index contributed by atoms with van der Waals surface area (Å²) in [6.07, 6.45) is 0.0000457. The van der Waals surface area contributed by atoms with Gasteiger partial charge < -0.3 is 14.8 Å². The zero-order chi connectivity index (χ0) is 19.3. The summed E-state index contributed by atoms with van der Waals surface area (Å²) in [6, 6.07) is 6.26. The molecular weight excluding hydrogens is 351 g/mol. The highest BCUT2D eigenvalue weighted by Crippen LogP contribution is 2.17. The first-order chi connectivity index (χ1) is 12.3. The van der Waals surface area contributed by atoms with Crippen molar-refractivity contribution in [3.63, 3.8) is 0 Å². The van der Waals surface area contributed by atoms with Gasteiger partial charge in [0.05, 0.1) is 14.2 Å². The fourth-order valence-corrected chi connectivity index (χ4v) is 2.36. The minimum Gasteiger partial charge on any atom is -0.497 e. The zero-order valence-electron chi connectivity index (χ0n) is 14.0. The third kappa shape index (κ3) is 4.53. The maximum atomic E-state index is 13.7. The van der Waals surface area contributed by atoms with Gasteiger partial charge in [-0.1, -0.05) is 12.1 Å². The quantitative estimate of drug-likeness (QED) is 0.798. The molecule has 0 aliphatic carbocycles. The van der Waals surface area contributed by atoms with Crippen molar-refractivity contribution in [2.45, 2.75) is 12.5 Å². The van der Waals surface area contributed by atoms with E-state index in [1.165, 1.54) is 7.11 Å². The fraction of sp³-hybridized carbons (Fsp3) is 0.222. The molecule has 2 aromatic carbocycles. The summed E-state index contributed by atoms with van der Waals surface area (Å²) in [4.78, 5) is 24.1. The molecule has 0 fully saturated rings. The maximum Gasteiger partial charge on any atom is 0.328 e. The van der Waals surface area contributed by atoms with Gasteiger partial charge in [-0.2, -0.15) is 0 Å². The van der Waals surface area contributed by atoms with Crippen LogP contribution in [0.5, 0.6) is 5.75 Å². The Balaban J connectivity index is 2.25. The molecule has 2 rings (SSSR count). The molecule has 1 atom stereocenters. The van der Waals surface area contributed by atoms with Gasteiger partial charge in [-0.05, 0) is 17.7 Å². The number of amides is 1. The number of hydrogen-bond acceptors (Lipinski definition) is 4. The number of esters is 1. The van der Waals surface area contributed by atoms with Gasteiger partial charge in [-0.3, -0.25) is 4.79 Å². The van der Waals surface area contributed by atoms with Crippen molar-refractivity contribution in [1.82, 2.24) is 5.32 Å². The van der Waals surface area contributed by atoms with Gasteiger partial charge in [-0.25, -0.2) is 18.0 Å². The van der Waals surface area contributed by atoms with Crippen molar-refractivity contribution in [2.24, 2.45) is 0 Å². The Hall–Kier alpha value is -3.03. The number of hydrogen-bond donors (Lipinski definition) is 1. The second kappa shape index (κ2) is 8.37. The van der Waals surface area contributed by atoms with Gasteiger partial charge in [0.2, 0.25) is 0 Å². The molecule has 0 saturated carbocycles. The number of methoxy groups -OCH3 is 2. The molecule has 0 aromatic heterocycles. The average molecular weight is 367 g/mol. The lowest BCUT2D eigenvalue weighted by molar-refractivity contribution is -0.142. The molecule has 2 aromatic rings. The van der Waals surface area contributed by atoms with E-state index in [-0.39, 0.29) is 6.42 Å². The first-order valence-corrected chi connectivity index (χ1v) is 7.52. The summed E-state index contributed by atoms with van der Waals surface area (Å²) in [5.74, 6) is -5.36. The molecular formula is C18H16F3NO4. The molecule has 8 heteroatoms. The first-order valence-electron chi connectivity index (χ1n) is 7.52. The minimum atomic E-state index is -1.37. The first kappa shape index (κ1) is 19.3. The van der Waals surface area contributed by atoms with Crippen molar-refractivity contribution in [3.05, 3.63) is 65.0 Å². The number of nitrogens with one attached hydrogen (secondary N) is 1. The Bertz CT molecular complexity index is 803. The van der Waals surface area contributed by atoms with Crippen molar-refractivity contribution in [1.29, 1.82) is 0 Å². The van der Waals surface area contributed by atoms with Crippen LogP contribution in [0.3, 0.4) is 0 Å². The smallest absolute Gasteiger partial charge is 0.328 e. The average Bonchev–Trinajstić information content (AvgIpc) is 2.59. The van der Waals surface area contributed by atoms with E-state index in [0.29, 0.717) is 23.4 Å². The van der Waals surface area contributed by atoms with Crippen molar-refractivity contribution >= 4 is 11.9 Å². The molecule has 0 bridgehead atoms. The topological polar surface area (TPSA) is 64.6 Å². The summed E-state index contributed by atoms with van der Waals surface area (Å²) in [7, 11) is 2.59. The van der Waals surface area contributed by atoms with Gasteiger partial charge in [0.25, 0.3) is 5.91 Å². The summed E-state index contributed by atoms with van der Waals surface area (Å²) < 4.78 is 50.2. The van der Waals surface area contributed by atoms with E-state index >= 15 is 0 Å². The number of rotatable bonds is 6. The van der Waals surface area contributed by atoms with Crippen molar-refractivity contribution < 1.29 is 32.2 Å². The molecule has 5 nitrogen and oxygen atoms in total. The molecule has 0 spiro atoms. The van der Waals surface area contributed by atoms with Gasteiger partial charge in [0.15, 0.2) is 0 Å². The van der Waals surface area contributed by atoms with E-state index in [9.17, 15) is 22.8 Å². The lowest BCUT2D eigenvalue weighted by atomic mass is 10.0. The Kier molecular flexibility index (Phi) is 6.21. The predicted molar refractivity (Wildman–Crippen MR) is 86.3 cm³/mol. The summed E-state index contributed by atoms with van der Waals surface area (Å²) in [6.45, 7) is 0. The molecule has 138 valence electrons. The largest absolute Gasteiger partial charge is 0.497 e. The van der Waals surface area contributed by atoms with Gasteiger partial charge >= 0.3 is 5.97 Å². The summed E-state index contributed by atoms with van der Waals surface area (Å²) >= 11 is 0. The van der Waals surface area contributed by atoms with Crippen LogP contribution in [-0.2, 0) is 16.0 Å². The molecule has 0 heterocycles. The summed E-state index contributed by atoms with van der Waals surface area (Å²) in [5.41, 5.74) is -0.356. The predicted octanol–water partition coefficient (Wildman–Crippen LogP) is 2.63. The van der Waals surface area contributed by atoms with Gasteiger partial charge in [0.1, 0.15) is 34.8 Å². The van der Waals surface area contributed by atoms with E-state index < -0.39 is 40.9 Å². The van der Waals surface area contributed by atoms with Crippen LogP contribution in [0.2, 0.25) is 0 Å². The number of halogens is 3.